The Bertz CT molecular complexity index is 609. The molecule has 1 amide bonds. The predicted molar refractivity (Wildman–Crippen MR) is 85.8 cm³/mol. The third-order valence-corrected chi connectivity index (χ3v) is 4.39. The van der Waals surface area contributed by atoms with E-state index in [9.17, 15) is 9.18 Å². The van der Waals surface area contributed by atoms with Crippen LogP contribution < -0.4 is 10.2 Å². The standard InChI is InChI=1S/C15H17FN4OS/c16-12-1-3-13(4-2-12)18-14(21)11-19-6-8-20(9-7-19)15-17-5-10-22-15/h1-5,10H,6-9,11H2,(H,18,21). The minimum atomic E-state index is -0.309. The van der Waals surface area contributed by atoms with E-state index in [1.54, 1.807) is 23.5 Å². The maximum Gasteiger partial charge on any atom is 0.238 e. The summed E-state index contributed by atoms with van der Waals surface area (Å²) in [6, 6.07) is 5.80. The Morgan fingerprint density at radius 3 is 2.59 bits per heavy atom. The number of thiazole rings is 1. The summed E-state index contributed by atoms with van der Waals surface area (Å²) in [6.45, 7) is 3.75. The van der Waals surface area contributed by atoms with Gasteiger partial charge in [-0.3, -0.25) is 9.69 Å². The van der Waals surface area contributed by atoms with Crippen LogP contribution in [-0.2, 0) is 4.79 Å². The Balaban J connectivity index is 1.46. The molecule has 0 spiro atoms. The number of carbonyl (C=O) groups excluding carboxylic acids is 1. The number of rotatable bonds is 4. The first-order valence-electron chi connectivity index (χ1n) is 7.13. The van der Waals surface area contributed by atoms with Crippen LogP contribution in [0.25, 0.3) is 0 Å². The van der Waals surface area contributed by atoms with Crippen molar-refractivity contribution in [2.24, 2.45) is 0 Å². The van der Waals surface area contributed by atoms with Crippen LogP contribution in [0.5, 0.6) is 0 Å². The van der Waals surface area contributed by atoms with Gasteiger partial charge in [0.25, 0.3) is 0 Å². The topological polar surface area (TPSA) is 48.5 Å². The van der Waals surface area contributed by atoms with Crippen molar-refractivity contribution < 1.29 is 9.18 Å². The molecule has 5 nitrogen and oxygen atoms in total. The molecular weight excluding hydrogens is 303 g/mol. The van der Waals surface area contributed by atoms with Gasteiger partial charge in [-0.15, -0.1) is 11.3 Å². The highest BCUT2D eigenvalue weighted by Gasteiger charge is 2.20. The molecule has 0 unspecified atom stereocenters. The lowest BCUT2D eigenvalue weighted by Gasteiger charge is -2.34. The summed E-state index contributed by atoms with van der Waals surface area (Å²) < 4.78 is 12.8. The molecule has 22 heavy (non-hydrogen) atoms. The number of carbonyl (C=O) groups is 1. The molecule has 1 aliphatic rings. The van der Waals surface area contributed by atoms with E-state index in [1.807, 2.05) is 11.6 Å². The van der Waals surface area contributed by atoms with E-state index in [0.29, 0.717) is 12.2 Å². The molecule has 1 aromatic heterocycles. The summed E-state index contributed by atoms with van der Waals surface area (Å²) in [4.78, 5) is 20.7. The van der Waals surface area contributed by atoms with E-state index in [1.165, 1.54) is 12.1 Å². The Kier molecular flexibility index (Phi) is 4.65. The number of aromatic nitrogens is 1. The Labute approximate surface area is 132 Å². The first kappa shape index (κ1) is 14.9. The van der Waals surface area contributed by atoms with Gasteiger partial charge in [0, 0.05) is 43.4 Å². The van der Waals surface area contributed by atoms with Gasteiger partial charge in [0.15, 0.2) is 5.13 Å². The van der Waals surface area contributed by atoms with Gasteiger partial charge in [-0.25, -0.2) is 9.37 Å². The molecule has 3 rings (SSSR count). The minimum Gasteiger partial charge on any atom is -0.346 e. The summed E-state index contributed by atoms with van der Waals surface area (Å²) in [5.74, 6) is -0.384. The maximum absolute atomic E-state index is 12.8. The highest BCUT2D eigenvalue weighted by atomic mass is 32.1. The number of halogens is 1. The maximum atomic E-state index is 12.8. The summed E-state index contributed by atoms with van der Waals surface area (Å²) in [5, 5.41) is 5.79. The Morgan fingerprint density at radius 1 is 1.23 bits per heavy atom. The summed E-state index contributed by atoms with van der Waals surface area (Å²) >= 11 is 1.63. The lowest BCUT2D eigenvalue weighted by molar-refractivity contribution is -0.117. The number of amides is 1. The second-order valence-electron chi connectivity index (χ2n) is 5.13. The highest BCUT2D eigenvalue weighted by Crippen LogP contribution is 2.18. The van der Waals surface area contributed by atoms with Crippen LogP contribution >= 0.6 is 11.3 Å². The zero-order chi connectivity index (χ0) is 15.4. The van der Waals surface area contributed by atoms with Crippen molar-refractivity contribution in [3.05, 3.63) is 41.7 Å². The van der Waals surface area contributed by atoms with Crippen molar-refractivity contribution in [1.82, 2.24) is 9.88 Å². The number of piperazine rings is 1. The zero-order valence-electron chi connectivity index (χ0n) is 12.0. The molecule has 2 heterocycles. The SMILES string of the molecule is O=C(CN1CCN(c2nccs2)CC1)Nc1ccc(F)cc1. The quantitative estimate of drug-likeness (QED) is 0.937. The van der Waals surface area contributed by atoms with Gasteiger partial charge < -0.3 is 10.2 Å². The van der Waals surface area contributed by atoms with Crippen LogP contribution in [0.1, 0.15) is 0 Å². The van der Waals surface area contributed by atoms with Gasteiger partial charge in [0.2, 0.25) is 5.91 Å². The molecule has 0 atom stereocenters. The van der Waals surface area contributed by atoms with E-state index in [0.717, 1.165) is 31.3 Å². The van der Waals surface area contributed by atoms with E-state index in [-0.39, 0.29) is 11.7 Å². The molecule has 116 valence electrons. The van der Waals surface area contributed by atoms with E-state index < -0.39 is 0 Å². The normalized spacial score (nSPS) is 15.8. The van der Waals surface area contributed by atoms with Gasteiger partial charge in [-0.1, -0.05) is 0 Å². The first-order chi connectivity index (χ1) is 10.7. The fourth-order valence-corrected chi connectivity index (χ4v) is 3.10. The molecule has 1 N–H and O–H groups in total. The number of nitrogens with zero attached hydrogens (tertiary/aromatic N) is 3. The molecule has 2 aromatic rings. The van der Waals surface area contributed by atoms with Crippen LogP contribution in [-0.4, -0.2) is 48.5 Å². The van der Waals surface area contributed by atoms with Crippen molar-refractivity contribution in [2.75, 3.05) is 42.9 Å². The van der Waals surface area contributed by atoms with Crippen LogP contribution in [0.2, 0.25) is 0 Å². The zero-order valence-corrected chi connectivity index (χ0v) is 12.9. The van der Waals surface area contributed by atoms with Crippen LogP contribution in [0.15, 0.2) is 35.8 Å². The lowest BCUT2D eigenvalue weighted by Crippen LogP contribution is -2.48. The average Bonchev–Trinajstić information content (AvgIpc) is 3.05. The summed E-state index contributed by atoms with van der Waals surface area (Å²) in [5.41, 5.74) is 0.618. The van der Waals surface area contributed by atoms with Crippen molar-refractivity contribution in [3.63, 3.8) is 0 Å². The van der Waals surface area contributed by atoms with E-state index in [4.69, 9.17) is 0 Å². The first-order valence-corrected chi connectivity index (χ1v) is 8.01. The number of benzene rings is 1. The predicted octanol–water partition coefficient (Wildman–Crippen LogP) is 2.04. The molecule has 0 radical (unpaired) electrons. The Morgan fingerprint density at radius 2 is 1.95 bits per heavy atom. The molecule has 1 aromatic carbocycles. The summed E-state index contributed by atoms with van der Waals surface area (Å²) in [6.07, 6.45) is 1.81. The second-order valence-corrected chi connectivity index (χ2v) is 6.01. The molecule has 1 fully saturated rings. The van der Waals surface area contributed by atoms with Gasteiger partial charge in [0.05, 0.1) is 6.54 Å². The molecule has 7 heteroatoms. The number of nitrogens with one attached hydrogen (secondary N) is 1. The molecule has 0 bridgehead atoms. The van der Waals surface area contributed by atoms with Gasteiger partial charge in [0.1, 0.15) is 5.82 Å². The fourth-order valence-electron chi connectivity index (χ4n) is 2.41. The number of anilines is 2. The third-order valence-electron chi connectivity index (χ3n) is 3.56. The average molecular weight is 320 g/mol. The summed E-state index contributed by atoms with van der Waals surface area (Å²) in [7, 11) is 0. The van der Waals surface area contributed by atoms with Crippen LogP contribution in [0.4, 0.5) is 15.2 Å². The van der Waals surface area contributed by atoms with Gasteiger partial charge >= 0.3 is 0 Å². The van der Waals surface area contributed by atoms with Crippen molar-refractivity contribution >= 4 is 28.1 Å². The molecule has 0 saturated carbocycles. The van der Waals surface area contributed by atoms with Crippen molar-refractivity contribution in [3.8, 4) is 0 Å². The third kappa shape index (κ3) is 3.80. The smallest absolute Gasteiger partial charge is 0.238 e. The molecule has 1 saturated heterocycles. The highest BCUT2D eigenvalue weighted by molar-refractivity contribution is 7.13. The van der Waals surface area contributed by atoms with Gasteiger partial charge in [-0.05, 0) is 24.3 Å². The van der Waals surface area contributed by atoms with Gasteiger partial charge in [-0.2, -0.15) is 0 Å². The Hall–Kier alpha value is -1.99. The molecule has 0 aliphatic carbocycles. The van der Waals surface area contributed by atoms with Crippen LogP contribution in [0.3, 0.4) is 0 Å². The second kappa shape index (κ2) is 6.85. The van der Waals surface area contributed by atoms with Crippen molar-refractivity contribution in [1.29, 1.82) is 0 Å². The largest absolute Gasteiger partial charge is 0.346 e. The fraction of sp³-hybridized carbons (Fsp3) is 0.333. The van der Waals surface area contributed by atoms with Crippen LogP contribution in [0, 0.1) is 5.82 Å². The molecule has 1 aliphatic heterocycles. The lowest BCUT2D eigenvalue weighted by atomic mass is 10.3. The monoisotopic (exact) mass is 320 g/mol. The van der Waals surface area contributed by atoms with E-state index in [2.05, 4.69) is 20.1 Å². The minimum absolute atomic E-state index is 0.0747. The number of hydrogen-bond acceptors (Lipinski definition) is 5. The molecular formula is C15H17FN4OS. The van der Waals surface area contributed by atoms with E-state index >= 15 is 0 Å². The number of hydrogen-bond donors (Lipinski definition) is 1. The van der Waals surface area contributed by atoms with Crippen molar-refractivity contribution in [2.45, 2.75) is 0 Å².